The molecule has 1 atom stereocenters. The van der Waals surface area contributed by atoms with Crippen LogP contribution < -0.4 is 9.62 Å². The monoisotopic (exact) mass is 579 g/mol. The van der Waals surface area contributed by atoms with Crippen molar-refractivity contribution in [3.8, 4) is 0 Å². The molecule has 0 radical (unpaired) electrons. The van der Waals surface area contributed by atoms with Crippen LogP contribution in [0.1, 0.15) is 75.5 Å². The summed E-state index contributed by atoms with van der Waals surface area (Å²) in [5.74, 6) is 1.83. The topological polar surface area (TPSA) is 86.8 Å². The first-order valence-corrected chi connectivity index (χ1v) is 17.1. The van der Waals surface area contributed by atoms with Gasteiger partial charge in [-0.15, -0.1) is 0 Å². The van der Waals surface area contributed by atoms with Crippen LogP contribution in [0.4, 0.5) is 5.69 Å². The van der Waals surface area contributed by atoms with Gasteiger partial charge in [0.25, 0.3) is 0 Å². The molecule has 4 bridgehead atoms. The Bertz CT molecular complexity index is 1320. The van der Waals surface area contributed by atoms with Gasteiger partial charge in [0.2, 0.25) is 21.8 Å². The second-order valence-corrected chi connectivity index (χ2v) is 14.7. The average molecular weight is 580 g/mol. The predicted octanol–water partition coefficient (Wildman–Crippen LogP) is 5.17. The SMILES string of the molecule is CCNC(=O)[C@H](CC)N(Cc1ccc(C)cc1)C(=O)CN(c1ccc(C23CC4CC(CC(C4)C2)C3)cc1)S(C)(=O)=O. The van der Waals surface area contributed by atoms with Crippen LogP contribution in [0.15, 0.2) is 48.5 Å². The van der Waals surface area contributed by atoms with Crippen LogP contribution >= 0.6 is 0 Å². The number of amides is 2. The number of benzene rings is 2. The second-order valence-electron chi connectivity index (χ2n) is 12.8. The molecule has 0 saturated heterocycles. The van der Waals surface area contributed by atoms with Crippen molar-refractivity contribution >= 4 is 27.5 Å². The van der Waals surface area contributed by atoms with Gasteiger partial charge in [0.1, 0.15) is 12.6 Å². The number of nitrogens with one attached hydrogen (secondary N) is 1. The number of likely N-dealkylation sites (N-methyl/N-ethyl adjacent to an activating group) is 1. The first-order valence-electron chi connectivity index (χ1n) is 15.2. The van der Waals surface area contributed by atoms with Crippen molar-refractivity contribution in [2.45, 2.75) is 83.7 Å². The number of carbonyl (C=O) groups excluding carboxylic acids is 2. The summed E-state index contributed by atoms with van der Waals surface area (Å²) in [6.07, 6.45) is 9.37. The van der Waals surface area contributed by atoms with Gasteiger partial charge in [-0.25, -0.2) is 8.42 Å². The van der Waals surface area contributed by atoms with Crippen molar-refractivity contribution in [1.82, 2.24) is 10.2 Å². The summed E-state index contributed by atoms with van der Waals surface area (Å²) >= 11 is 0. The lowest BCUT2D eigenvalue weighted by molar-refractivity contribution is -0.140. The Labute approximate surface area is 245 Å². The van der Waals surface area contributed by atoms with Crippen LogP contribution in [-0.2, 0) is 31.6 Å². The highest BCUT2D eigenvalue weighted by Crippen LogP contribution is 2.60. The van der Waals surface area contributed by atoms with E-state index in [0.29, 0.717) is 18.7 Å². The molecular weight excluding hydrogens is 534 g/mol. The lowest BCUT2D eigenvalue weighted by atomic mass is 9.48. The van der Waals surface area contributed by atoms with Gasteiger partial charge in [-0.05, 0) is 105 Å². The van der Waals surface area contributed by atoms with Crippen LogP contribution in [-0.4, -0.2) is 50.5 Å². The molecule has 2 aromatic rings. The minimum atomic E-state index is -3.76. The van der Waals surface area contributed by atoms with Crippen molar-refractivity contribution in [3.05, 3.63) is 65.2 Å². The molecule has 0 unspecified atom stereocenters. The lowest BCUT2D eigenvalue weighted by Crippen LogP contribution is -2.52. The Morgan fingerprint density at radius 1 is 0.927 bits per heavy atom. The van der Waals surface area contributed by atoms with Crippen molar-refractivity contribution in [2.24, 2.45) is 17.8 Å². The minimum Gasteiger partial charge on any atom is -0.355 e. The van der Waals surface area contributed by atoms with Gasteiger partial charge in [-0.1, -0.05) is 48.9 Å². The zero-order valence-corrected chi connectivity index (χ0v) is 25.8. The Balaban J connectivity index is 1.40. The Morgan fingerprint density at radius 3 is 1.98 bits per heavy atom. The van der Waals surface area contributed by atoms with Crippen molar-refractivity contribution < 1.29 is 18.0 Å². The number of rotatable bonds is 11. The Kier molecular flexibility index (Phi) is 8.51. The summed E-state index contributed by atoms with van der Waals surface area (Å²) in [5, 5.41) is 2.84. The summed E-state index contributed by atoms with van der Waals surface area (Å²) in [5.41, 5.74) is 3.99. The molecule has 0 aromatic heterocycles. The van der Waals surface area contributed by atoms with E-state index in [4.69, 9.17) is 0 Å². The van der Waals surface area contributed by atoms with Crippen LogP contribution in [0.3, 0.4) is 0 Å². The van der Waals surface area contributed by atoms with E-state index < -0.39 is 22.0 Å². The highest BCUT2D eigenvalue weighted by Gasteiger charge is 2.51. The number of sulfonamides is 1. The first-order chi connectivity index (χ1) is 19.5. The van der Waals surface area contributed by atoms with Gasteiger partial charge in [-0.3, -0.25) is 13.9 Å². The van der Waals surface area contributed by atoms with E-state index >= 15 is 0 Å². The molecule has 4 saturated carbocycles. The molecule has 41 heavy (non-hydrogen) atoms. The van der Waals surface area contributed by atoms with E-state index in [0.717, 1.165) is 35.1 Å². The van der Waals surface area contributed by atoms with Crippen molar-refractivity contribution in [3.63, 3.8) is 0 Å². The smallest absolute Gasteiger partial charge is 0.244 e. The molecule has 4 fully saturated rings. The highest BCUT2D eigenvalue weighted by molar-refractivity contribution is 7.92. The fourth-order valence-electron chi connectivity index (χ4n) is 8.16. The third-order valence-electron chi connectivity index (χ3n) is 9.70. The molecule has 0 aliphatic heterocycles. The highest BCUT2D eigenvalue weighted by atomic mass is 32.2. The van der Waals surface area contributed by atoms with E-state index in [1.807, 2.05) is 57.2 Å². The fraction of sp³-hybridized carbons (Fsp3) is 0.576. The number of nitrogens with zero attached hydrogens (tertiary/aromatic N) is 2. The van der Waals surface area contributed by atoms with Crippen LogP contribution in [0, 0.1) is 24.7 Å². The molecule has 4 aliphatic rings. The maximum atomic E-state index is 13.9. The average Bonchev–Trinajstić information content (AvgIpc) is 2.91. The lowest BCUT2D eigenvalue weighted by Gasteiger charge is -2.57. The summed E-state index contributed by atoms with van der Waals surface area (Å²) in [6.45, 7) is 6.01. The molecule has 8 heteroatoms. The minimum absolute atomic E-state index is 0.213. The van der Waals surface area contributed by atoms with E-state index in [-0.39, 0.29) is 24.4 Å². The fourth-order valence-corrected chi connectivity index (χ4v) is 9.01. The number of aryl methyl sites for hydroxylation is 1. The van der Waals surface area contributed by atoms with Gasteiger partial charge in [0.05, 0.1) is 11.9 Å². The summed E-state index contributed by atoms with van der Waals surface area (Å²) in [6, 6.07) is 15.1. The van der Waals surface area contributed by atoms with Crippen LogP contribution in [0.2, 0.25) is 0 Å². The Morgan fingerprint density at radius 2 is 1.49 bits per heavy atom. The van der Waals surface area contributed by atoms with E-state index in [1.54, 1.807) is 0 Å². The zero-order valence-electron chi connectivity index (χ0n) is 24.9. The number of anilines is 1. The molecule has 6 rings (SSSR count). The van der Waals surface area contributed by atoms with Gasteiger partial charge in [0.15, 0.2) is 0 Å². The molecular formula is C33H45N3O4S. The molecule has 4 aliphatic carbocycles. The largest absolute Gasteiger partial charge is 0.355 e. The van der Waals surface area contributed by atoms with Crippen LogP contribution in [0.25, 0.3) is 0 Å². The predicted molar refractivity (Wildman–Crippen MR) is 163 cm³/mol. The molecule has 222 valence electrons. The zero-order chi connectivity index (χ0) is 29.4. The number of hydrogen-bond donors (Lipinski definition) is 1. The quantitative estimate of drug-likeness (QED) is 0.398. The van der Waals surface area contributed by atoms with E-state index in [1.165, 1.54) is 53.3 Å². The summed E-state index contributed by atoms with van der Waals surface area (Å²) < 4.78 is 27.3. The number of carbonyl (C=O) groups is 2. The second kappa shape index (κ2) is 11.8. The van der Waals surface area contributed by atoms with Gasteiger partial charge >= 0.3 is 0 Å². The summed E-state index contributed by atoms with van der Waals surface area (Å²) in [4.78, 5) is 28.4. The third kappa shape index (κ3) is 6.32. The molecule has 1 N–H and O–H groups in total. The maximum Gasteiger partial charge on any atom is 0.244 e. The third-order valence-corrected chi connectivity index (χ3v) is 10.8. The number of hydrogen-bond acceptors (Lipinski definition) is 4. The van der Waals surface area contributed by atoms with Gasteiger partial charge < -0.3 is 10.2 Å². The van der Waals surface area contributed by atoms with E-state index in [2.05, 4.69) is 17.4 Å². The van der Waals surface area contributed by atoms with Crippen molar-refractivity contribution in [1.29, 1.82) is 0 Å². The molecule has 2 amide bonds. The van der Waals surface area contributed by atoms with Gasteiger partial charge in [-0.2, -0.15) is 0 Å². The normalized spacial score (nSPS) is 25.5. The van der Waals surface area contributed by atoms with Crippen LogP contribution in [0.5, 0.6) is 0 Å². The van der Waals surface area contributed by atoms with Gasteiger partial charge in [0, 0.05) is 13.1 Å². The standard InChI is InChI=1S/C33H45N3O4S/c1-5-30(32(38)34-6-2)35(21-24-9-7-23(3)8-10-24)31(37)22-36(41(4,39)40)29-13-11-28(12-14-29)33-18-25-15-26(19-33)17-27(16-25)20-33/h7-14,25-27,30H,5-6,15-22H2,1-4H3,(H,34,38)/t25?,26?,27?,30-,33?/m0/s1. The van der Waals surface area contributed by atoms with E-state index in [9.17, 15) is 18.0 Å². The molecule has 0 heterocycles. The summed E-state index contributed by atoms with van der Waals surface area (Å²) in [7, 11) is -3.76. The molecule has 2 aromatic carbocycles. The van der Waals surface area contributed by atoms with Crippen molar-refractivity contribution in [2.75, 3.05) is 23.7 Å². The first kappa shape index (κ1) is 29.6. The maximum absolute atomic E-state index is 13.9. The molecule has 7 nitrogen and oxygen atoms in total. The molecule has 0 spiro atoms. The Hall–Kier alpha value is -2.87.